The van der Waals surface area contributed by atoms with Crippen LogP contribution in [0.25, 0.3) is 0 Å². The molecule has 0 saturated carbocycles. The van der Waals surface area contributed by atoms with Crippen LogP contribution in [0.5, 0.6) is 0 Å². The van der Waals surface area contributed by atoms with Crippen molar-refractivity contribution in [2.24, 2.45) is 0 Å². The second kappa shape index (κ2) is 9.54. The topological polar surface area (TPSA) is 21.3 Å². The lowest BCUT2D eigenvalue weighted by Gasteiger charge is -2.19. The Balaban J connectivity index is 2.57. The van der Waals surface area contributed by atoms with Gasteiger partial charge in [0.25, 0.3) is 0 Å². The first-order chi connectivity index (χ1) is 8.79. The summed E-state index contributed by atoms with van der Waals surface area (Å²) in [6, 6.07) is 8.54. The molecule has 0 bridgehead atoms. The Hall–Kier alpha value is -0.380. The lowest BCUT2D eigenvalue weighted by Crippen LogP contribution is -2.21. The van der Waals surface area contributed by atoms with Crippen molar-refractivity contribution in [2.45, 2.75) is 32.1 Å². The maximum Gasteiger partial charge on any atom is 0.0462 e. The predicted octanol–water partition coefficient (Wildman–Crippen LogP) is 3.96. The van der Waals surface area contributed by atoms with Crippen LogP contribution in [-0.4, -0.2) is 26.8 Å². The van der Waals surface area contributed by atoms with Crippen LogP contribution in [0.1, 0.15) is 37.7 Å². The van der Waals surface area contributed by atoms with Crippen LogP contribution in [0, 0.1) is 0 Å². The first kappa shape index (κ1) is 15.7. The standard InChI is InChI=1S/C15H24BrNO/c1-3-17-12-13(8-6-7-11-18-2)14-9-4-5-10-15(14)16/h4-5,9-10,13,17H,3,6-8,11-12H2,1-2H3. The Bertz CT molecular complexity index is 330. The summed E-state index contributed by atoms with van der Waals surface area (Å²) in [5, 5.41) is 3.46. The molecule has 3 heteroatoms. The third-order valence-electron chi connectivity index (χ3n) is 3.14. The molecule has 0 aliphatic rings. The summed E-state index contributed by atoms with van der Waals surface area (Å²) in [7, 11) is 1.77. The lowest BCUT2D eigenvalue weighted by atomic mass is 9.93. The summed E-state index contributed by atoms with van der Waals surface area (Å²) in [6.07, 6.45) is 3.56. The smallest absolute Gasteiger partial charge is 0.0462 e. The number of rotatable bonds is 9. The van der Waals surface area contributed by atoms with Crippen molar-refractivity contribution in [1.82, 2.24) is 5.32 Å². The van der Waals surface area contributed by atoms with Crippen LogP contribution >= 0.6 is 15.9 Å². The molecule has 0 saturated heterocycles. The number of likely N-dealkylation sites (N-methyl/N-ethyl adjacent to an activating group) is 1. The second-order valence-corrected chi connectivity index (χ2v) is 5.37. The van der Waals surface area contributed by atoms with E-state index in [-0.39, 0.29) is 0 Å². The molecule has 0 amide bonds. The molecule has 0 radical (unpaired) electrons. The molecule has 102 valence electrons. The molecule has 1 rings (SSSR count). The van der Waals surface area contributed by atoms with Crippen molar-refractivity contribution in [3.05, 3.63) is 34.3 Å². The van der Waals surface area contributed by atoms with E-state index in [1.165, 1.54) is 22.9 Å². The van der Waals surface area contributed by atoms with Crippen molar-refractivity contribution in [1.29, 1.82) is 0 Å². The third-order valence-corrected chi connectivity index (χ3v) is 3.86. The van der Waals surface area contributed by atoms with Crippen LogP contribution in [0.3, 0.4) is 0 Å². The highest BCUT2D eigenvalue weighted by Crippen LogP contribution is 2.28. The zero-order valence-corrected chi connectivity index (χ0v) is 13.0. The van der Waals surface area contributed by atoms with E-state index >= 15 is 0 Å². The molecule has 1 aromatic carbocycles. The van der Waals surface area contributed by atoms with Gasteiger partial charge >= 0.3 is 0 Å². The van der Waals surface area contributed by atoms with Crippen LogP contribution < -0.4 is 5.32 Å². The van der Waals surface area contributed by atoms with Gasteiger partial charge in [0, 0.05) is 24.7 Å². The number of hydrogen-bond acceptors (Lipinski definition) is 2. The molecule has 0 spiro atoms. The fraction of sp³-hybridized carbons (Fsp3) is 0.600. The third kappa shape index (κ3) is 5.51. The Labute approximate surface area is 119 Å². The molecule has 1 unspecified atom stereocenters. The SMILES string of the molecule is CCNCC(CCCCOC)c1ccccc1Br. The van der Waals surface area contributed by atoms with Gasteiger partial charge in [-0.25, -0.2) is 0 Å². The molecule has 0 aliphatic carbocycles. The number of halogens is 1. The molecule has 2 nitrogen and oxygen atoms in total. The monoisotopic (exact) mass is 313 g/mol. The predicted molar refractivity (Wildman–Crippen MR) is 81.2 cm³/mol. The average Bonchev–Trinajstić information content (AvgIpc) is 2.39. The number of nitrogens with one attached hydrogen (secondary N) is 1. The van der Waals surface area contributed by atoms with Gasteiger partial charge < -0.3 is 10.1 Å². The Morgan fingerprint density at radius 1 is 1.28 bits per heavy atom. The summed E-state index contributed by atoms with van der Waals surface area (Å²) in [5.74, 6) is 0.581. The minimum atomic E-state index is 0.581. The maximum absolute atomic E-state index is 5.11. The molecular formula is C15H24BrNO. The number of benzene rings is 1. The first-order valence-corrected chi connectivity index (χ1v) is 7.53. The van der Waals surface area contributed by atoms with Gasteiger partial charge in [-0.3, -0.25) is 0 Å². The zero-order chi connectivity index (χ0) is 13.2. The molecule has 0 heterocycles. The van der Waals surface area contributed by atoms with Gasteiger partial charge in [0.05, 0.1) is 0 Å². The summed E-state index contributed by atoms with van der Waals surface area (Å²) < 4.78 is 6.33. The summed E-state index contributed by atoms with van der Waals surface area (Å²) in [5.41, 5.74) is 1.41. The fourth-order valence-corrected chi connectivity index (χ4v) is 2.74. The van der Waals surface area contributed by atoms with Crippen molar-refractivity contribution in [3.63, 3.8) is 0 Å². The fourth-order valence-electron chi connectivity index (χ4n) is 2.13. The van der Waals surface area contributed by atoms with Crippen LogP contribution in [0.2, 0.25) is 0 Å². The number of ether oxygens (including phenoxy) is 1. The zero-order valence-electron chi connectivity index (χ0n) is 11.4. The van der Waals surface area contributed by atoms with Crippen molar-refractivity contribution in [3.8, 4) is 0 Å². The molecule has 1 atom stereocenters. The highest BCUT2D eigenvalue weighted by Gasteiger charge is 2.13. The van der Waals surface area contributed by atoms with Gasteiger partial charge in [0.1, 0.15) is 0 Å². The van der Waals surface area contributed by atoms with Crippen LogP contribution in [-0.2, 0) is 4.74 Å². The van der Waals surface area contributed by atoms with Crippen molar-refractivity contribution in [2.75, 3.05) is 26.8 Å². The van der Waals surface area contributed by atoms with Crippen LogP contribution in [0.4, 0.5) is 0 Å². The molecule has 0 aromatic heterocycles. The molecule has 1 N–H and O–H groups in total. The number of hydrogen-bond donors (Lipinski definition) is 1. The van der Waals surface area contributed by atoms with Crippen LogP contribution in [0.15, 0.2) is 28.7 Å². The maximum atomic E-state index is 5.11. The van der Waals surface area contributed by atoms with Crippen molar-refractivity contribution >= 4 is 15.9 Å². The normalized spacial score (nSPS) is 12.6. The highest BCUT2D eigenvalue weighted by molar-refractivity contribution is 9.10. The summed E-state index contributed by atoms with van der Waals surface area (Å²) >= 11 is 3.66. The van der Waals surface area contributed by atoms with Gasteiger partial charge in [-0.1, -0.05) is 47.5 Å². The summed E-state index contributed by atoms with van der Waals surface area (Å²) in [6.45, 7) is 5.09. The van der Waals surface area contributed by atoms with E-state index in [9.17, 15) is 0 Å². The number of methoxy groups -OCH3 is 1. The molecule has 1 aromatic rings. The van der Waals surface area contributed by atoms with Crippen molar-refractivity contribution < 1.29 is 4.74 Å². The summed E-state index contributed by atoms with van der Waals surface area (Å²) in [4.78, 5) is 0. The molecular weight excluding hydrogens is 290 g/mol. The Morgan fingerprint density at radius 3 is 2.72 bits per heavy atom. The molecule has 0 aliphatic heterocycles. The van der Waals surface area contributed by atoms with Gasteiger partial charge in [-0.15, -0.1) is 0 Å². The Morgan fingerprint density at radius 2 is 2.06 bits per heavy atom. The van der Waals surface area contributed by atoms with E-state index in [2.05, 4.69) is 52.4 Å². The van der Waals surface area contributed by atoms with E-state index < -0.39 is 0 Å². The van der Waals surface area contributed by atoms with E-state index in [0.29, 0.717) is 5.92 Å². The minimum Gasteiger partial charge on any atom is -0.385 e. The minimum absolute atomic E-state index is 0.581. The Kier molecular flexibility index (Phi) is 8.31. The van der Waals surface area contributed by atoms with Gasteiger partial charge in [0.15, 0.2) is 0 Å². The van der Waals surface area contributed by atoms with Gasteiger partial charge in [-0.2, -0.15) is 0 Å². The van der Waals surface area contributed by atoms with E-state index in [1.807, 2.05) is 0 Å². The molecule has 0 fully saturated rings. The average molecular weight is 314 g/mol. The van der Waals surface area contributed by atoms with E-state index in [1.54, 1.807) is 7.11 Å². The lowest BCUT2D eigenvalue weighted by molar-refractivity contribution is 0.191. The van der Waals surface area contributed by atoms with E-state index in [0.717, 1.165) is 26.1 Å². The highest BCUT2D eigenvalue weighted by atomic mass is 79.9. The van der Waals surface area contributed by atoms with Gasteiger partial charge in [0.2, 0.25) is 0 Å². The largest absolute Gasteiger partial charge is 0.385 e. The van der Waals surface area contributed by atoms with E-state index in [4.69, 9.17) is 4.74 Å². The quantitative estimate of drug-likeness (QED) is 0.697. The molecule has 18 heavy (non-hydrogen) atoms. The second-order valence-electron chi connectivity index (χ2n) is 4.51. The number of unbranched alkanes of at least 4 members (excludes halogenated alkanes) is 1. The van der Waals surface area contributed by atoms with Gasteiger partial charge in [-0.05, 0) is 36.9 Å². The first-order valence-electron chi connectivity index (χ1n) is 6.73.